The number of nitrogens with one attached hydrogen (secondary N) is 1. The molecule has 0 aromatic carbocycles. The zero-order valence-corrected chi connectivity index (χ0v) is 20.8. The number of sulfonamides is 1. The second-order valence-electron chi connectivity index (χ2n) is 8.37. The van der Waals surface area contributed by atoms with E-state index in [-0.39, 0.29) is 22.1 Å². The van der Waals surface area contributed by atoms with E-state index < -0.39 is 10.0 Å². The quantitative estimate of drug-likeness (QED) is 0.510. The van der Waals surface area contributed by atoms with Crippen LogP contribution in [0.25, 0.3) is 0 Å². The standard InChI is InChI=1S/C22H36N4O4S2/c1-3-26(4-2)32(28,29)19-8-9-21(23-16-19)31-17-20(27)24-18-22(10-6-5-7-11-22)25-12-14-30-15-13-25/h8-9,16H,3-7,10-15,17-18H2,1-2H3,(H,24,27). The number of aromatic nitrogens is 1. The highest BCUT2D eigenvalue weighted by Gasteiger charge is 2.38. The number of morpholine rings is 1. The molecule has 0 radical (unpaired) electrons. The molecule has 32 heavy (non-hydrogen) atoms. The number of hydrogen-bond acceptors (Lipinski definition) is 7. The third-order valence-electron chi connectivity index (χ3n) is 6.48. The number of hydrogen-bond donors (Lipinski definition) is 1. The van der Waals surface area contributed by atoms with Crippen molar-refractivity contribution in [3.63, 3.8) is 0 Å². The lowest BCUT2D eigenvalue weighted by Crippen LogP contribution is -2.59. The summed E-state index contributed by atoms with van der Waals surface area (Å²) in [7, 11) is -3.52. The van der Waals surface area contributed by atoms with Crippen LogP contribution >= 0.6 is 11.8 Å². The van der Waals surface area contributed by atoms with Gasteiger partial charge in [-0.25, -0.2) is 13.4 Å². The van der Waals surface area contributed by atoms with Crippen LogP contribution in [0.3, 0.4) is 0 Å². The maximum absolute atomic E-state index is 12.6. The van der Waals surface area contributed by atoms with Crippen molar-refractivity contribution >= 4 is 27.7 Å². The molecule has 1 aliphatic heterocycles. The fraction of sp³-hybridized carbons (Fsp3) is 0.727. The molecule has 3 rings (SSSR count). The van der Waals surface area contributed by atoms with Gasteiger partial charge in [0.05, 0.1) is 24.0 Å². The maximum atomic E-state index is 12.6. The Morgan fingerprint density at radius 1 is 1.19 bits per heavy atom. The first kappa shape index (κ1) is 25.4. The summed E-state index contributed by atoms with van der Waals surface area (Å²) in [6.45, 7) is 8.51. The lowest BCUT2D eigenvalue weighted by molar-refractivity contribution is -0.119. The Balaban J connectivity index is 1.53. The zero-order chi connectivity index (χ0) is 23.0. The number of thioether (sulfide) groups is 1. The van der Waals surface area contributed by atoms with Crippen molar-refractivity contribution in [2.75, 3.05) is 51.7 Å². The number of ether oxygens (including phenoxy) is 1. The van der Waals surface area contributed by atoms with Gasteiger partial charge in [0.1, 0.15) is 4.90 Å². The van der Waals surface area contributed by atoms with Crippen LogP contribution in [0.2, 0.25) is 0 Å². The first-order chi connectivity index (χ1) is 15.4. The highest BCUT2D eigenvalue weighted by atomic mass is 32.2. The van der Waals surface area contributed by atoms with Gasteiger partial charge in [0.25, 0.3) is 0 Å². The minimum atomic E-state index is -3.52. The summed E-state index contributed by atoms with van der Waals surface area (Å²) in [6, 6.07) is 3.24. The topological polar surface area (TPSA) is 91.8 Å². The van der Waals surface area contributed by atoms with Crippen molar-refractivity contribution in [2.24, 2.45) is 0 Å². The lowest BCUT2D eigenvalue weighted by atomic mass is 9.79. The Hall–Kier alpha value is -1.20. The molecule has 1 saturated heterocycles. The molecule has 2 fully saturated rings. The largest absolute Gasteiger partial charge is 0.379 e. The summed E-state index contributed by atoms with van der Waals surface area (Å²) in [5.74, 6) is 0.240. The monoisotopic (exact) mass is 484 g/mol. The van der Waals surface area contributed by atoms with Gasteiger partial charge in [-0.3, -0.25) is 9.69 Å². The fourth-order valence-electron chi connectivity index (χ4n) is 4.62. The summed E-state index contributed by atoms with van der Waals surface area (Å²) in [4.78, 5) is 19.5. The highest BCUT2D eigenvalue weighted by molar-refractivity contribution is 7.99. The molecule has 2 aliphatic rings. The van der Waals surface area contributed by atoms with Crippen LogP contribution in [-0.2, 0) is 19.6 Å². The van der Waals surface area contributed by atoms with Crippen LogP contribution in [0.1, 0.15) is 46.0 Å². The Morgan fingerprint density at radius 3 is 2.47 bits per heavy atom. The van der Waals surface area contributed by atoms with E-state index in [1.807, 2.05) is 13.8 Å². The molecule has 0 bridgehead atoms. The van der Waals surface area contributed by atoms with E-state index in [9.17, 15) is 13.2 Å². The van der Waals surface area contributed by atoms with Crippen LogP contribution in [-0.4, -0.2) is 85.7 Å². The molecular formula is C22H36N4O4S2. The molecule has 1 saturated carbocycles. The van der Waals surface area contributed by atoms with Crippen molar-refractivity contribution in [1.29, 1.82) is 0 Å². The van der Waals surface area contributed by atoms with Crippen molar-refractivity contribution < 1.29 is 17.9 Å². The van der Waals surface area contributed by atoms with Crippen molar-refractivity contribution in [3.8, 4) is 0 Å². The summed E-state index contributed by atoms with van der Waals surface area (Å²) >= 11 is 1.32. The number of pyridine rings is 1. The molecule has 0 atom stereocenters. The van der Waals surface area contributed by atoms with Crippen LogP contribution in [0.5, 0.6) is 0 Å². The highest BCUT2D eigenvalue weighted by Crippen LogP contribution is 2.34. The average molecular weight is 485 g/mol. The number of rotatable bonds is 10. The SMILES string of the molecule is CCN(CC)S(=O)(=O)c1ccc(SCC(=O)NCC2(N3CCOCC3)CCCCC2)nc1. The predicted octanol–water partition coefficient (Wildman–Crippen LogP) is 2.36. The smallest absolute Gasteiger partial charge is 0.244 e. The molecule has 0 unspecified atom stereocenters. The third kappa shape index (κ3) is 6.22. The van der Waals surface area contributed by atoms with E-state index in [2.05, 4.69) is 15.2 Å². The minimum absolute atomic E-state index is 0.0187. The normalized spacial score (nSPS) is 19.7. The number of carbonyl (C=O) groups is 1. The molecule has 1 aromatic rings. The first-order valence-corrected chi connectivity index (χ1v) is 14.0. The molecule has 1 aromatic heterocycles. The van der Waals surface area contributed by atoms with Gasteiger partial charge in [0.2, 0.25) is 15.9 Å². The molecule has 180 valence electrons. The summed E-state index contributed by atoms with van der Waals surface area (Å²) in [5, 5.41) is 3.79. The number of amides is 1. The fourth-order valence-corrected chi connectivity index (χ4v) is 6.70. The molecule has 0 spiro atoms. The van der Waals surface area contributed by atoms with Crippen LogP contribution in [0, 0.1) is 0 Å². The second-order valence-corrected chi connectivity index (χ2v) is 11.3. The van der Waals surface area contributed by atoms with Crippen LogP contribution < -0.4 is 5.32 Å². The predicted molar refractivity (Wildman–Crippen MR) is 126 cm³/mol. The van der Waals surface area contributed by atoms with E-state index in [4.69, 9.17) is 4.74 Å². The van der Waals surface area contributed by atoms with Crippen molar-refractivity contribution in [1.82, 2.24) is 19.5 Å². The molecular weight excluding hydrogens is 448 g/mol. The van der Waals surface area contributed by atoms with Gasteiger partial charge in [-0.1, -0.05) is 44.9 Å². The summed E-state index contributed by atoms with van der Waals surface area (Å²) < 4.78 is 32.1. The summed E-state index contributed by atoms with van der Waals surface area (Å²) in [5.41, 5.74) is 0.0427. The zero-order valence-electron chi connectivity index (χ0n) is 19.2. The van der Waals surface area contributed by atoms with Gasteiger partial charge in [0.15, 0.2) is 0 Å². The van der Waals surface area contributed by atoms with Gasteiger partial charge < -0.3 is 10.1 Å². The van der Waals surface area contributed by atoms with Gasteiger partial charge >= 0.3 is 0 Å². The molecule has 1 N–H and O–H groups in total. The molecule has 1 amide bonds. The average Bonchev–Trinajstić information content (AvgIpc) is 2.83. The number of nitrogens with zero attached hydrogens (tertiary/aromatic N) is 3. The van der Waals surface area contributed by atoms with Crippen LogP contribution in [0.15, 0.2) is 28.3 Å². The molecule has 10 heteroatoms. The molecule has 8 nitrogen and oxygen atoms in total. The lowest BCUT2D eigenvalue weighted by Gasteiger charge is -2.48. The van der Waals surface area contributed by atoms with Crippen molar-refractivity contribution in [2.45, 2.75) is 61.4 Å². The maximum Gasteiger partial charge on any atom is 0.244 e. The van der Waals surface area contributed by atoms with Gasteiger partial charge in [-0.05, 0) is 25.0 Å². The third-order valence-corrected chi connectivity index (χ3v) is 9.46. The molecule has 2 heterocycles. The Bertz CT molecular complexity index is 832. The van der Waals surface area contributed by atoms with E-state index >= 15 is 0 Å². The first-order valence-electron chi connectivity index (χ1n) is 11.6. The van der Waals surface area contributed by atoms with E-state index in [0.717, 1.165) is 39.1 Å². The van der Waals surface area contributed by atoms with Crippen molar-refractivity contribution in [3.05, 3.63) is 18.3 Å². The Labute approximate surface area is 196 Å². The molecule has 1 aliphatic carbocycles. The van der Waals surface area contributed by atoms with Crippen LogP contribution in [0.4, 0.5) is 0 Å². The summed E-state index contributed by atoms with van der Waals surface area (Å²) in [6.07, 6.45) is 7.28. The Morgan fingerprint density at radius 2 is 1.88 bits per heavy atom. The van der Waals surface area contributed by atoms with E-state index in [0.29, 0.717) is 24.7 Å². The van der Waals surface area contributed by atoms with Gasteiger partial charge in [-0.15, -0.1) is 0 Å². The van der Waals surface area contributed by atoms with E-state index in [1.54, 1.807) is 12.1 Å². The van der Waals surface area contributed by atoms with Gasteiger partial charge in [-0.2, -0.15) is 4.31 Å². The number of carbonyl (C=O) groups excluding carboxylic acids is 1. The van der Waals surface area contributed by atoms with E-state index in [1.165, 1.54) is 41.5 Å². The minimum Gasteiger partial charge on any atom is -0.379 e. The second kappa shape index (κ2) is 11.8. The Kier molecular flexibility index (Phi) is 9.36. The van der Waals surface area contributed by atoms with Gasteiger partial charge in [0, 0.05) is 44.5 Å².